The number of allylic oxidation sites excluding steroid dienone is 2. The Bertz CT molecular complexity index is 1140. The lowest BCUT2D eigenvalue weighted by molar-refractivity contribution is 0.642. The average Bonchev–Trinajstić information content (AvgIpc) is 2.83. The Morgan fingerprint density at radius 2 is 1.97 bits per heavy atom. The van der Waals surface area contributed by atoms with Crippen molar-refractivity contribution in [3.05, 3.63) is 84.0 Å². The second-order valence-corrected chi connectivity index (χ2v) is 8.16. The molecule has 3 heterocycles. The fraction of sp³-hybridized carbons (Fsp3) is 0.240. The first-order valence-electron chi connectivity index (χ1n) is 11.0. The number of hydrogen-bond acceptors (Lipinski definition) is 8. The van der Waals surface area contributed by atoms with Gasteiger partial charge in [0, 0.05) is 50.0 Å². The largest absolute Gasteiger partial charge is 0.404 e. The molecule has 1 unspecified atom stereocenters. The lowest BCUT2D eigenvalue weighted by Crippen LogP contribution is -2.45. The minimum Gasteiger partial charge on any atom is -0.404 e. The summed E-state index contributed by atoms with van der Waals surface area (Å²) in [6.45, 7) is 4.14. The Morgan fingerprint density at radius 1 is 1.24 bits per heavy atom. The number of likely N-dealkylation sites (N-methyl/N-ethyl adjacent to an activating group) is 1. The number of aromatic nitrogens is 2. The number of fused-ring (bicyclic) bond motifs is 1. The van der Waals surface area contributed by atoms with Crippen LogP contribution in [0.25, 0.3) is 11.6 Å². The van der Waals surface area contributed by atoms with Crippen molar-refractivity contribution in [2.75, 3.05) is 19.0 Å². The monoisotopic (exact) mass is 459 g/mol. The van der Waals surface area contributed by atoms with Crippen molar-refractivity contribution in [3.63, 3.8) is 0 Å². The molecule has 8 N–H and O–H groups in total. The molecule has 0 spiro atoms. The number of aliphatic imine (C=N–C) groups is 1. The molecule has 2 aromatic heterocycles. The number of nitrogens with one attached hydrogen (secondary N) is 2. The van der Waals surface area contributed by atoms with Gasteiger partial charge in [-0.1, -0.05) is 13.8 Å². The molecule has 0 aliphatic carbocycles. The van der Waals surface area contributed by atoms with Crippen LogP contribution < -0.4 is 32.7 Å². The highest BCUT2D eigenvalue weighted by molar-refractivity contribution is 6.22. The molecule has 1 aliphatic heterocycles. The molecule has 3 rings (SSSR count). The highest BCUT2D eigenvalue weighted by Gasteiger charge is 2.22. The van der Waals surface area contributed by atoms with Crippen molar-refractivity contribution in [3.8, 4) is 0 Å². The molecule has 0 aromatic carbocycles. The van der Waals surface area contributed by atoms with Crippen LogP contribution >= 0.6 is 0 Å². The summed E-state index contributed by atoms with van der Waals surface area (Å²) in [6, 6.07) is 5.64. The van der Waals surface area contributed by atoms with Crippen LogP contribution in [0, 0.1) is 5.92 Å². The van der Waals surface area contributed by atoms with E-state index in [1.807, 2.05) is 44.6 Å². The number of nitrogens with zero attached hydrogens (tertiary/aromatic N) is 4. The lowest BCUT2D eigenvalue weighted by atomic mass is 10.0. The van der Waals surface area contributed by atoms with Gasteiger partial charge in [-0.05, 0) is 54.1 Å². The van der Waals surface area contributed by atoms with E-state index < -0.39 is 0 Å². The summed E-state index contributed by atoms with van der Waals surface area (Å²) in [5.41, 5.74) is 23.4. The first kappa shape index (κ1) is 24.4. The summed E-state index contributed by atoms with van der Waals surface area (Å²) in [6.07, 6.45) is 14.2. The summed E-state index contributed by atoms with van der Waals surface area (Å²) in [5.74, 6) is 1.17. The molecule has 0 radical (unpaired) electrons. The quantitative estimate of drug-likeness (QED) is 0.230. The van der Waals surface area contributed by atoms with Gasteiger partial charge < -0.3 is 32.7 Å². The Morgan fingerprint density at radius 3 is 2.62 bits per heavy atom. The van der Waals surface area contributed by atoms with Crippen molar-refractivity contribution in [1.82, 2.24) is 20.6 Å². The number of hydrogen-bond donors (Lipinski definition) is 5. The predicted molar refractivity (Wildman–Crippen MR) is 141 cm³/mol. The van der Waals surface area contributed by atoms with Gasteiger partial charge in [-0.2, -0.15) is 0 Å². The maximum Gasteiger partial charge on any atom is 0.133 e. The minimum absolute atomic E-state index is 0.161. The van der Waals surface area contributed by atoms with Crippen LogP contribution in [0.5, 0.6) is 0 Å². The molecule has 0 fully saturated rings. The fourth-order valence-corrected chi connectivity index (χ4v) is 3.49. The van der Waals surface area contributed by atoms with Gasteiger partial charge in [0.05, 0.1) is 22.9 Å². The van der Waals surface area contributed by atoms with Crippen LogP contribution in [0.2, 0.25) is 0 Å². The number of amidine groups is 1. The van der Waals surface area contributed by atoms with E-state index in [1.54, 1.807) is 36.9 Å². The Hall–Kier alpha value is -4.27. The van der Waals surface area contributed by atoms with Crippen LogP contribution in [-0.4, -0.2) is 36.1 Å². The van der Waals surface area contributed by atoms with E-state index in [0.29, 0.717) is 11.7 Å². The molecular formula is C25H33N9. The van der Waals surface area contributed by atoms with Crippen LogP contribution in [0.15, 0.2) is 77.7 Å². The maximum atomic E-state index is 6.37. The Kier molecular flexibility index (Phi) is 7.92. The molecule has 0 saturated carbocycles. The molecule has 0 saturated heterocycles. The SMILES string of the molecule is CN/C=C(\C(N)=Nc1ccncc1)c1cnc2c(c1)N(C)C(N/C(N)=C/C(=C\N)C(C)C)C=C2. The third-order valence-corrected chi connectivity index (χ3v) is 5.41. The highest BCUT2D eigenvalue weighted by atomic mass is 15.3. The molecule has 2 aromatic rings. The van der Waals surface area contributed by atoms with E-state index >= 15 is 0 Å². The van der Waals surface area contributed by atoms with Crippen molar-refractivity contribution in [2.45, 2.75) is 20.0 Å². The normalized spacial score (nSPS) is 17.1. The summed E-state index contributed by atoms with van der Waals surface area (Å²) in [7, 11) is 3.80. The molecule has 1 atom stereocenters. The van der Waals surface area contributed by atoms with E-state index in [9.17, 15) is 0 Å². The van der Waals surface area contributed by atoms with E-state index in [-0.39, 0.29) is 12.1 Å². The predicted octanol–water partition coefficient (Wildman–Crippen LogP) is 2.40. The van der Waals surface area contributed by atoms with Crippen molar-refractivity contribution < 1.29 is 0 Å². The molecule has 9 heteroatoms. The zero-order valence-electron chi connectivity index (χ0n) is 20.0. The fourth-order valence-electron chi connectivity index (χ4n) is 3.49. The van der Waals surface area contributed by atoms with Gasteiger partial charge in [0.25, 0.3) is 0 Å². The standard InChI is InChI=1S/C25H33N9/c1-16(2)17(13-26)12-23(27)33-24-6-5-21-22(34(24)4)11-18(14-31-21)20(15-29-3)25(28)32-19-7-9-30-10-8-19/h5-16,24,29,33H,26-27H2,1-4H3,(H2,28,30,32)/b17-13+,20-15-,23-12+. The topological polar surface area (TPSA) is 144 Å². The third-order valence-electron chi connectivity index (χ3n) is 5.41. The number of nitrogens with two attached hydrogens (primary N) is 3. The molecular weight excluding hydrogens is 426 g/mol. The van der Waals surface area contributed by atoms with Crippen molar-refractivity contribution in [1.29, 1.82) is 0 Å². The second-order valence-electron chi connectivity index (χ2n) is 8.16. The summed E-state index contributed by atoms with van der Waals surface area (Å²) in [4.78, 5) is 15.3. The van der Waals surface area contributed by atoms with E-state index in [0.717, 1.165) is 33.8 Å². The van der Waals surface area contributed by atoms with Crippen molar-refractivity contribution in [2.24, 2.45) is 28.1 Å². The number of anilines is 1. The van der Waals surface area contributed by atoms with Gasteiger partial charge in [-0.15, -0.1) is 0 Å². The van der Waals surface area contributed by atoms with Gasteiger partial charge in [0.1, 0.15) is 12.0 Å². The zero-order valence-corrected chi connectivity index (χ0v) is 20.0. The average molecular weight is 460 g/mol. The van der Waals surface area contributed by atoms with Crippen LogP contribution in [0.3, 0.4) is 0 Å². The Balaban J connectivity index is 1.89. The number of pyridine rings is 2. The van der Waals surface area contributed by atoms with E-state index in [2.05, 4.69) is 44.3 Å². The molecule has 178 valence electrons. The summed E-state index contributed by atoms with van der Waals surface area (Å²) < 4.78 is 0. The number of rotatable bonds is 8. The molecule has 0 amide bonds. The molecule has 34 heavy (non-hydrogen) atoms. The smallest absolute Gasteiger partial charge is 0.133 e. The first-order chi connectivity index (χ1) is 16.3. The van der Waals surface area contributed by atoms with Gasteiger partial charge >= 0.3 is 0 Å². The zero-order chi connectivity index (χ0) is 24.7. The van der Waals surface area contributed by atoms with Gasteiger partial charge in [0.15, 0.2) is 0 Å². The highest BCUT2D eigenvalue weighted by Crippen LogP contribution is 2.29. The molecule has 1 aliphatic rings. The summed E-state index contributed by atoms with van der Waals surface area (Å²) >= 11 is 0. The lowest BCUT2D eigenvalue weighted by Gasteiger charge is -2.33. The van der Waals surface area contributed by atoms with E-state index in [4.69, 9.17) is 17.2 Å². The van der Waals surface area contributed by atoms with Crippen LogP contribution in [0.1, 0.15) is 25.1 Å². The van der Waals surface area contributed by atoms with E-state index in [1.165, 1.54) is 0 Å². The van der Waals surface area contributed by atoms with Gasteiger partial charge in [-0.25, -0.2) is 4.99 Å². The van der Waals surface area contributed by atoms with Crippen molar-refractivity contribution >= 4 is 28.9 Å². The summed E-state index contributed by atoms with van der Waals surface area (Å²) in [5, 5.41) is 6.38. The van der Waals surface area contributed by atoms with Crippen LogP contribution in [0.4, 0.5) is 11.4 Å². The van der Waals surface area contributed by atoms with Gasteiger partial charge in [-0.3, -0.25) is 9.97 Å². The Labute approximate surface area is 200 Å². The minimum atomic E-state index is -0.161. The first-order valence-corrected chi connectivity index (χ1v) is 11.0. The third kappa shape index (κ3) is 5.74. The van der Waals surface area contributed by atoms with Gasteiger partial charge in [0.2, 0.25) is 0 Å². The molecule has 0 bridgehead atoms. The second kappa shape index (κ2) is 11.0. The molecule has 9 nitrogen and oxygen atoms in total. The van der Waals surface area contributed by atoms with Crippen LogP contribution in [-0.2, 0) is 0 Å². The maximum absolute atomic E-state index is 6.37.